The lowest BCUT2D eigenvalue weighted by atomic mass is 9.98. The summed E-state index contributed by atoms with van der Waals surface area (Å²) in [5.74, 6) is -2.21. The fourth-order valence-corrected chi connectivity index (χ4v) is 5.81. The van der Waals surface area contributed by atoms with E-state index in [-0.39, 0.29) is 11.1 Å². The fraction of sp³-hybridized carbons (Fsp3) is 0.333. The van der Waals surface area contributed by atoms with E-state index in [2.05, 4.69) is 13.8 Å². The lowest BCUT2D eigenvalue weighted by Crippen LogP contribution is -2.06. The predicted molar refractivity (Wildman–Crippen MR) is 86.8 cm³/mol. The molecule has 0 amide bonds. The molecule has 0 bridgehead atoms. The van der Waals surface area contributed by atoms with Crippen molar-refractivity contribution in [2.45, 2.75) is 31.9 Å². The van der Waals surface area contributed by atoms with Gasteiger partial charge in [-0.25, -0.2) is 9.59 Å². The van der Waals surface area contributed by atoms with Crippen molar-refractivity contribution in [2.75, 3.05) is 0 Å². The van der Waals surface area contributed by atoms with Crippen LogP contribution in [0.4, 0.5) is 0 Å². The summed E-state index contributed by atoms with van der Waals surface area (Å²) in [5.41, 5.74) is 1.93. The van der Waals surface area contributed by atoms with Gasteiger partial charge in [-0.15, -0.1) is 0 Å². The third-order valence-electron chi connectivity index (χ3n) is 3.42. The van der Waals surface area contributed by atoms with E-state index in [0.29, 0.717) is 10.8 Å². The first-order valence-electron chi connectivity index (χ1n) is 6.66. The second-order valence-electron chi connectivity index (χ2n) is 4.66. The molecule has 0 fully saturated rings. The van der Waals surface area contributed by atoms with E-state index >= 15 is 0 Å². The highest BCUT2D eigenvalue weighted by Crippen LogP contribution is 2.53. The largest absolute Gasteiger partial charge is 0.478 e. The van der Waals surface area contributed by atoms with Crippen molar-refractivity contribution in [3.8, 4) is 0 Å². The number of carbonyl (C=O) groups is 2. The SMILES string of the molecule is CCC1=C(c2ccc(C(=O)O)cc2C(=O)O)SSC1CC. The minimum atomic E-state index is -1.12. The van der Waals surface area contributed by atoms with Crippen molar-refractivity contribution in [1.29, 1.82) is 0 Å². The van der Waals surface area contributed by atoms with E-state index in [1.807, 2.05) is 0 Å². The summed E-state index contributed by atoms with van der Waals surface area (Å²) in [6.45, 7) is 4.18. The lowest BCUT2D eigenvalue weighted by molar-refractivity contribution is 0.0695. The molecule has 0 saturated heterocycles. The van der Waals surface area contributed by atoms with Crippen LogP contribution in [-0.2, 0) is 0 Å². The first kappa shape index (κ1) is 16.0. The maximum Gasteiger partial charge on any atom is 0.336 e. The molecule has 2 N–H and O–H groups in total. The molecule has 6 heteroatoms. The maximum absolute atomic E-state index is 11.5. The van der Waals surface area contributed by atoms with Crippen LogP contribution >= 0.6 is 21.6 Å². The molecule has 1 heterocycles. The lowest BCUT2D eigenvalue weighted by Gasteiger charge is -2.11. The number of hydrogen-bond acceptors (Lipinski definition) is 4. The van der Waals surface area contributed by atoms with Crippen LogP contribution in [-0.4, -0.2) is 27.4 Å². The summed E-state index contributed by atoms with van der Waals surface area (Å²) in [6, 6.07) is 4.32. The van der Waals surface area contributed by atoms with E-state index in [1.54, 1.807) is 27.7 Å². The molecule has 1 aliphatic heterocycles. The van der Waals surface area contributed by atoms with Gasteiger partial charge in [0.05, 0.1) is 11.1 Å². The Morgan fingerprint density at radius 1 is 1.19 bits per heavy atom. The number of carboxylic acid groups (broad SMARTS) is 2. The first-order chi connectivity index (χ1) is 9.99. The molecule has 21 heavy (non-hydrogen) atoms. The van der Waals surface area contributed by atoms with Crippen molar-refractivity contribution >= 4 is 38.4 Å². The highest BCUT2D eigenvalue weighted by atomic mass is 33.1. The molecule has 1 unspecified atom stereocenters. The van der Waals surface area contributed by atoms with E-state index < -0.39 is 11.9 Å². The number of carboxylic acids is 2. The van der Waals surface area contributed by atoms with Crippen molar-refractivity contribution in [1.82, 2.24) is 0 Å². The van der Waals surface area contributed by atoms with Crippen molar-refractivity contribution in [3.63, 3.8) is 0 Å². The molecule has 0 spiro atoms. The summed E-state index contributed by atoms with van der Waals surface area (Å²) in [6.07, 6.45) is 1.87. The first-order valence-corrected chi connectivity index (χ1v) is 8.88. The van der Waals surface area contributed by atoms with Crippen LogP contribution in [0.1, 0.15) is 53.0 Å². The number of hydrogen-bond donors (Lipinski definition) is 2. The summed E-state index contributed by atoms with van der Waals surface area (Å²) < 4.78 is 0. The van der Waals surface area contributed by atoms with E-state index in [4.69, 9.17) is 5.11 Å². The molecule has 2 rings (SSSR count). The minimum Gasteiger partial charge on any atom is -0.478 e. The van der Waals surface area contributed by atoms with Crippen LogP contribution < -0.4 is 0 Å². The van der Waals surface area contributed by atoms with Crippen LogP contribution in [0.25, 0.3) is 4.91 Å². The summed E-state index contributed by atoms with van der Waals surface area (Å²) >= 11 is 0. The molecule has 0 radical (unpaired) electrons. The highest BCUT2D eigenvalue weighted by Gasteiger charge is 2.28. The maximum atomic E-state index is 11.5. The van der Waals surface area contributed by atoms with Crippen molar-refractivity contribution in [3.05, 3.63) is 40.5 Å². The molecule has 4 nitrogen and oxygen atoms in total. The van der Waals surface area contributed by atoms with Crippen LogP contribution in [0, 0.1) is 0 Å². The van der Waals surface area contributed by atoms with Gasteiger partial charge in [0.2, 0.25) is 0 Å². The van der Waals surface area contributed by atoms with Crippen molar-refractivity contribution in [2.24, 2.45) is 0 Å². The molecule has 1 aromatic carbocycles. The Morgan fingerprint density at radius 3 is 2.43 bits per heavy atom. The summed E-state index contributed by atoms with van der Waals surface area (Å²) in [5, 5.41) is 18.8. The van der Waals surface area contributed by atoms with Gasteiger partial charge in [0.1, 0.15) is 0 Å². The standard InChI is InChI=1S/C15H16O4S2/c1-3-9-12(4-2)20-21-13(9)10-6-5-8(14(16)17)7-11(10)15(18)19/h5-7,12H,3-4H2,1-2H3,(H,16,17)(H,18,19). The molecular formula is C15H16O4S2. The van der Waals surface area contributed by atoms with Gasteiger partial charge < -0.3 is 10.2 Å². The Morgan fingerprint density at radius 2 is 1.90 bits per heavy atom. The average Bonchev–Trinajstić information content (AvgIpc) is 2.88. The summed E-state index contributed by atoms with van der Waals surface area (Å²) in [4.78, 5) is 23.5. The average molecular weight is 324 g/mol. The Labute approximate surface area is 131 Å². The van der Waals surface area contributed by atoms with E-state index in [9.17, 15) is 14.7 Å². The Kier molecular flexibility index (Phi) is 5.00. The molecule has 0 aromatic heterocycles. The minimum absolute atomic E-state index is 0.00232. The third kappa shape index (κ3) is 3.11. The molecule has 1 aromatic rings. The predicted octanol–water partition coefficient (Wildman–Crippen LogP) is 4.38. The molecule has 0 aliphatic carbocycles. The van der Waals surface area contributed by atoms with Gasteiger partial charge in [0.15, 0.2) is 0 Å². The molecule has 112 valence electrons. The summed E-state index contributed by atoms with van der Waals surface area (Å²) in [7, 11) is 3.33. The third-order valence-corrected chi connectivity index (χ3v) is 6.50. The topological polar surface area (TPSA) is 74.6 Å². The zero-order chi connectivity index (χ0) is 15.6. The second kappa shape index (κ2) is 6.58. The van der Waals surface area contributed by atoms with Gasteiger partial charge in [-0.2, -0.15) is 0 Å². The number of aromatic carboxylic acids is 2. The second-order valence-corrected chi connectivity index (χ2v) is 7.07. The van der Waals surface area contributed by atoms with E-state index in [0.717, 1.165) is 17.7 Å². The zero-order valence-corrected chi connectivity index (χ0v) is 13.4. The Bertz CT molecular complexity index is 622. The van der Waals surface area contributed by atoms with Crippen LogP contribution in [0.15, 0.2) is 23.8 Å². The smallest absolute Gasteiger partial charge is 0.336 e. The molecular weight excluding hydrogens is 308 g/mol. The molecule has 1 atom stereocenters. The number of benzene rings is 1. The number of rotatable bonds is 5. The van der Waals surface area contributed by atoms with Gasteiger partial charge in [-0.3, -0.25) is 0 Å². The fourth-order valence-electron chi connectivity index (χ4n) is 2.34. The highest BCUT2D eigenvalue weighted by molar-refractivity contribution is 8.80. The van der Waals surface area contributed by atoms with Gasteiger partial charge in [-0.05, 0) is 30.5 Å². The van der Waals surface area contributed by atoms with Crippen LogP contribution in [0.5, 0.6) is 0 Å². The Hall–Kier alpha value is -1.40. The van der Waals surface area contributed by atoms with Gasteiger partial charge in [0, 0.05) is 15.7 Å². The van der Waals surface area contributed by atoms with Gasteiger partial charge >= 0.3 is 11.9 Å². The Balaban J connectivity index is 2.58. The normalized spacial score (nSPS) is 18.1. The van der Waals surface area contributed by atoms with Gasteiger partial charge in [-0.1, -0.05) is 41.5 Å². The van der Waals surface area contributed by atoms with Crippen LogP contribution in [0.3, 0.4) is 0 Å². The monoisotopic (exact) mass is 324 g/mol. The quantitative estimate of drug-likeness (QED) is 0.783. The zero-order valence-electron chi connectivity index (χ0n) is 11.8. The van der Waals surface area contributed by atoms with E-state index in [1.165, 1.54) is 17.7 Å². The molecule has 0 saturated carbocycles. The van der Waals surface area contributed by atoms with Crippen molar-refractivity contribution < 1.29 is 19.8 Å². The van der Waals surface area contributed by atoms with Gasteiger partial charge in [0.25, 0.3) is 0 Å². The molecule has 1 aliphatic rings. The van der Waals surface area contributed by atoms with Crippen LogP contribution in [0.2, 0.25) is 0 Å².